The summed E-state index contributed by atoms with van der Waals surface area (Å²) < 4.78 is 12.9. The van der Waals surface area contributed by atoms with E-state index in [9.17, 15) is 14.0 Å². The van der Waals surface area contributed by atoms with Crippen LogP contribution >= 0.6 is 0 Å². The molecule has 1 fully saturated rings. The highest BCUT2D eigenvalue weighted by atomic mass is 19.1. The number of anilines is 2. The van der Waals surface area contributed by atoms with E-state index in [0.717, 1.165) is 24.1 Å². The van der Waals surface area contributed by atoms with Gasteiger partial charge in [0.2, 0.25) is 11.8 Å². The number of carbonyl (C=O) groups is 2. The van der Waals surface area contributed by atoms with Gasteiger partial charge in [-0.3, -0.25) is 14.5 Å². The molecule has 0 atom stereocenters. The predicted molar refractivity (Wildman–Crippen MR) is 104 cm³/mol. The lowest BCUT2D eigenvalue weighted by Gasteiger charge is -2.30. The van der Waals surface area contributed by atoms with Gasteiger partial charge < -0.3 is 10.6 Å². The number of aryl methyl sites for hydroxylation is 1. The summed E-state index contributed by atoms with van der Waals surface area (Å²) in [6.07, 6.45) is 1.45. The van der Waals surface area contributed by atoms with Gasteiger partial charge in [-0.25, -0.2) is 4.39 Å². The van der Waals surface area contributed by atoms with Crippen LogP contribution in [-0.2, 0) is 9.59 Å². The molecule has 1 saturated heterocycles. The third kappa shape index (κ3) is 5.62. The quantitative estimate of drug-likeness (QED) is 0.849. The minimum absolute atomic E-state index is 0.0380. The third-order valence-corrected chi connectivity index (χ3v) is 4.74. The average molecular weight is 369 g/mol. The number of halogens is 1. The Morgan fingerprint density at radius 2 is 1.74 bits per heavy atom. The van der Waals surface area contributed by atoms with Gasteiger partial charge in [0.15, 0.2) is 0 Å². The molecule has 2 aromatic carbocycles. The van der Waals surface area contributed by atoms with E-state index < -0.39 is 0 Å². The van der Waals surface area contributed by atoms with E-state index >= 15 is 0 Å². The Morgan fingerprint density at radius 3 is 2.41 bits per heavy atom. The first kappa shape index (κ1) is 19.0. The van der Waals surface area contributed by atoms with Crippen LogP contribution in [-0.4, -0.2) is 36.3 Å². The van der Waals surface area contributed by atoms with Gasteiger partial charge in [0.25, 0.3) is 0 Å². The number of benzene rings is 2. The number of piperidine rings is 1. The van der Waals surface area contributed by atoms with Gasteiger partial charge in [-0.15, -0.1) is 0 Å². The minimum Gasteiger partial charge on any atom is -0.326 e. The van der Waals surface area contributed by atoms with Gasteiger partial charge in [0.1, 0.15) is 5.82 Å². The Morgan fingerprint density at radius 1 is 1.04 bits per heavy atom. The van der Waals surface area contributed by atoms with Crippen LogP contribution in [0.25, 0.3) is 0 Å². The molecule has 142 valence electrons. The van der Waals surface area contributed by atoms with Gasteiger partial charge in [-0.05, 0) is 74.8 Å². The maximum Gasteiger partial charge on any atom is 0.238 e. The highest BCUT2D eigenvalue weighted by molar-refractivity contribution is 5.93. The van der Waals surface area contributed by atoms with Crippen LogP contribution in [0.15, 0.2) is 48.5 Å². The standard InChI is InChI=1S/C21H24FN3O2/c1-15-3-2-4-19(13-15)24-21(27)16-9-11-25(12-10-16)14-20(26)23-18-7-5-17(22)6-8-18/h2-8,13,16H,9-12,14H2,1H3,(H,23,26)(H,24,27). The molecule has 1 aliphatic heterocycles. The predicted octanol–water partition coefficient (Wildman–Crippen LogP) is 3.42. The van der Waals surface area contributed by atoms with Crippen LogP contribution in [0.4, 0.5) is 15.8 Å². The van der Waals surface area contributed by atoms with Crippen LogP contribution in [0, 0.1) is 18.7 Å². The molecule has 5 nitrogen and oxygen atoms in total. The molecule has 2 aromatic rings. The molecule has 0 aromatic heterocycles. The molecule has 1 aliphatic rings. The van der Waals surface area contributed by atoms with E-state index in [1.54, 1.807) is 0 Å². The van der Waals surface area contributed by atoms with Crippen molar-refractivity contribution in [2.45, 2.75) is 19.8 Å². The van der Waals surface area contributed by atoms with Crippen molar-refractivity contribution in [1.82, 2.24) is 4.90 Å². The zero-order valence-electron chi connectivity index (χ0n) is 15.4. The fraction of sp³-hybridized carbons (Fsp3) is 0.333. The van der Waals surface area contributed by atoms with E-state index in [1.807, 2.05) is 36.1 Å². The Bertz CT molecular complexity index is 799. The molecule has 2 N–H and O–H groups in total. The average Bonchev–Trinajstić information content (AvgIpc) is 2.64. The van der Waals surface area contributed by atoms with Crippen LogP contribution in [0.5, 0.6) is 0 Å². The largest absolute Gasteiger partial charge is 0.326 e. The molecule has 0 spiro atoms. The second-order valence-corrected chi connectivity index (χ2v) is 6.96. The summed E-state index contributed by atoms with van der Waals surface area (Å²) in [4.78, 5) is 26.6. The maximum absolute atomic E-state index is 12.9. The second-order valence-electron chi connectivity index (χ2n) is 6.96. The number of amides is 2. The number of hydrogen-bond acceptors (Lipinski definition) is 3. The zero-order valence-corrected chi connectivity index (χ0v) is 15.4. The summed E-state index contributed by atoms with van der Waals surface area (Å²) in [5, 5.41) is 5.74. The summed E-state index contributed by atoms with van der Waals surface area (Å²) in [5.74, 6) is -0.471. The lowest BCUT2D eigenvalue weighted by Crippen LogP contribution is -2.41. The molecular weight excluding hydrogens is 345 g/mol. The lowest BCUT2D eigenvalue weighted by atomic mass is 9.95. The monoisotopic (exact) mass is 369 g/mol. The zero-order chi connectivity index (χ0) is 19.2. The van der Waals surface area contributed by atoms with Crippen molar-refractivity contribution in [3.05, 3.63) is 59.9 Å². The molecule has 1 heterocycles. The Labute approximate surface area is 158 Å². The van der Waals surface area contributed by atoms with Crippen molar-refractivity contribution in [2.75, 3.05) is 30.3 Å². The fourth-order valence-electron chi connectivity index (χ4n) is 3.26. The lowest BCUT2D eigenvalue weighted by molar-refractivity contribution is -0.121. The number of nitrogens with one attached hydrogen (secondary N) is 2. The number of hydrogen-bond donors (Lipinski definition) is 2. The van der Waals surface area contributed by atoms with E-state index in [2.05, 4.69) is 10.6 Å². The van der Waals surface area contributed by atoms with Crippen molar-refractivity contribution in [2.24, 2.45) is 5.92 Å². The van der Waals surface area contributed by atoms with E-state index in [4.69, 9.17) is 0 Å². The fourth-order valence-corrected chi connectivity index (χ4v) is 3.26. The first-order valence-corrected chi connectivity index (χ1v) is 9.15. The SMILES string of the molecule is Cc1cccc(NC(=O)C2CCN(CC(=O)Nc3ccc(F)cc3)CC2)c1. The van der Waals surface area contributed by atoms with Crippen LogP contribution < -0.4 is 10.6 Å². The highest BCUT2D eigenvalue weighted by Gasteiger charge is 2.26. The highest BCUT2D eigenvalue weighted by Crippen LogP contribution is 2.20. The van der Waals surface area contributed by atoms with Crippen molar-refractivity contribution in [3.63, 3.8) is 0 Å². The number of rotatable bonds is 5. The molecule has 6 heteroatoms. The minimum atomic E-state index is -0.334. The molecule has 27 heavy (non-hydrogen) atoms. The van der Waals surface area contributed by atoms with E-state index in [0.29, 0.717) is 18.8 Å². The van der Waals surface area contributed by atoms with E-state index in [-0.39, 0.29) is 30.1 Å². The number of nitrogens with zero attached hydrogens (tertiary/aromatic N) is 1. The number of likely N-dealkylation sites (tertiary alicyclic amines) is 1. The van der Waals surface area contributed by atoms with Crippen molar-refractivity contribution < 1.29 is 14.0 Å². The second kappa shape index (κ2) is 8.77. The van der Waals surface area contributed by atoms with Gasteiger partial charge in [0, 0.05) is 17.3 Å². The van der Waals surface area contributed by atoms with Crippen molar-refractivity contribution >= 4 is 23.2 Å². The summed E-state index contributed by atoms with van der Waals surface area (Å²) in [7, 11) is 0. The van der Waals surface area contributed by atoms with E-state index in [1.165, 1.54) is 24.3 Å². The number of carbonyl (C=O) groups excluding carboxylic acids is 2. The topological polar surface area (TPSA) is 61.4 Å². The first-order valence-electron chi connectivity index (χ1n) is 9.15. The summed E-state index contributed by atoms with van der Waals surface area (Å²) in [5.41, 5.74) is 2.50. The van der Waals surface area contributed by atoms with Crippen LogP contribution in [0.1, 0.15) is 18.4 Å². The molecule has 2 amide bonds. The maximum atomic E-state index is 12.9. The van der Waals surface area contributed by atoms with Crippen molar-refractivity contribution in [3.8, 4) is 0 Å². The Kier molecular flexibility index (Phi) is 6.19. The van der Waals surface area contributed by atoms with Gasteiger partial charge in [-0.1, -0.05) is 12.1 Å². The Balaban J connectivity index is 1.43. The van der Waals surface area contributed by atoms with Gasteiger partial charge in [-0.2, -0.15) is 0 Å². The molecule has 0 saturated carbocycles. The molecular formula is C21H24FN3O2. The normalized spacial score (nSPS) is 15.3. The first-order chi connectivity index (χ1) is 13.0. The summed E-state index contributed by atoms with van der Waals surface area (Å²) in [6.45, 7) is 3.65. The smallest absolute Gasteiger partial charge is 0.238 e. The van der Waals surface area contributed by atoms with Gasteiger partial charge >= 0.3 is 0 Å². The molecule has 0 aliphatic carbocycles. The molecule has 0 bridgehead atoms. The molecule has 3 rings (SSSR count). The van der Waals surface area contributed by atoms with Crippen LogP contribution in [0.3, 0.4) is 0 Å². The molecule has 0 unspecified atom stereocenters. The summed E-state index contributed by atoms with van der Waals surface area (Å²) in [6, 6.07) is 13.5. The van der Waals surface area contributed by atoms with Crippen LogP contribution in [0.2, 0.25) is 0 Å². The molecule has 0 radical (unpaired) electrons. The van der Waals surface area contributed by atoms with Gasteiger partial charge in [0.05, 0.1) is 6.54 Å². The summed E-state index contributed by atoms with van der Waals surface area (Å²) >= 11 is 0. The van der Waals surface area contributed by atoms with Crippen molar-refractivity contribution in [1.29, 1.82) is 0 Å². The third-order valence-electron chi connectivity index (χ3n) is 4.74. The Hall–Kier alpha value is -2.73.